The number of rotatable bonds is 6. The topological polar surface area (TPSA) is 86.9 Å². The third-order valence-corrected chi connectivity index (χ3v) is 5.83. The number of carbonyl (C=O) groups is 1. The van der Waals surface area contributed by atoms with Crippen molar-refractivity contribution in [3.05, 3.63) is 69.8 Å². The number of aliphatic hydroxyl groups excluding tert-OH is 1. The predicted molar refractivity (Wildman–Crippen MR) is 122 cm³/mol. The highest BCUT2D eigenvalue weighted by molar-refractivity contribution is 5.94. The van der Waals surface area contributed by atoms with E-state index in [4.69, 9.17) is 0 Å². The summed E-state index contributed by atoms with van der Waals surface area (Å²) in [4.78, 5) is 27.9. The van der Waals surface area contributed by atoms with Crippen molar-refractivity contribution in [1.29, 1.82) is 0 Å². The van der Waals surface area contributed by atoms with Crippen molar-refractivity contribution in [1.82, 2.24) is 9.80 Å². The molecule has 0 saturated carbocycles. The molecule has 1 fully saturated rings. The van der Waals surface area contributed by atoms with Gasteiger partial charge < -0.3 is 10.0 Å². The molecular formula is C24H29N3O4. The van der Waals surface area contributed by atoms with Crippen LogP contribution >= 0.6 is 0 Å². The summed E-state index contributed by atoms with van der Waals surface area (Å²) in [6.07, 6.45) is 3.13. The van der Waals surface area contributed by atoms with Crippen LogP contribution in [0.15, 0.2) is 48.5 Å². The van der Waals surface area contributed by atoms with Crippen molar-refractivity contribution in [2.75, 3.05) is 33.3 Å². The number of nitro benzene ring substituents is 1. The summed E-state index contributed by atoms with van der Waals surface area (Å²) in [5, 5.41) is 21.3. The molecule has 0 spiro atoms. The van der Waals surface area contributed by atoms with Crippen LogP contribution in [-0.4, -0.2) is 65.1 Å². The Labute approximate surface area is 182 Å². The Morgan fingerprint density at radius 2 is 1.97 bits per heavy atom. The van der Waals surface area contributed by atoms with E-state index in [1.165, 1.54) is 12.1 Å². The third-order valence-electron chi connectivity index (χ3n) is 5.83. The summed E-state index contributed by atoms with van der Waals surface area (Å²) in [5.41, 5.74) is 2.98. The molecule has 1 amide bonds. The van der Waals surface area contributed by atoms with Gasteiger partial charge in [0.2, 0.25) is 5.91 Å². The van der Waals surface area contributed by atoms with Gasteiger partial charge in [-0.25, -0.2) is 0 Å². The molecule has 1 unspecified atom stereocenters. The fourth-order valence-corrected chi connectivity index (χ4v) is 3.98. The highest BCUT2D eigenvalue weighted by Crippen LogP contribution is 2.38. The zero-order chi connectivity index (χ0) is 22.5. The van der Waals surface area contributed by atoms with Crippen LogP contribution in [0.1, 0.15) is 30.9 Å². The van der Waals surface area contributed by atoms with Crippen molar-refractivity contribution in [2.24, 2.45) is 0 Å². The number of aliphatic hydroxyl groups is 1. The Kier molecular flexibility index (Phi) is 7.20. The Balaban J connectivity index is 1.98. The standard InChI is InChI=1S/C24H29N3O4/c1-17(2)20-8-4-5-9-21(20)24-18(7-6-10-22(24)27(30)31)11-12-23(29)26-14-13-25(3)19(15-26)16-28/h4-12,17,19,28H,13-16H2,1-3H3/b12-11+. The van der Waals surface area contributed by atoms with Crippen LogP contribution in [0.2, 0.25) is 0 Å². The van der Waals surface area contributed by atoms with Gasteiger partial charge in [-0.3, -0.25) is 19.8 Å². The summed E-state index contributed by atoms with van der Waals surface area (Å²) < 4.78 is 0. The Morgan fingerprint density at radius 1 is 1.23 bits per heavy atom. The van der Waals surface area contributed by atoms with Crippen LogP contribution in [0.25, 0.3) is 17.2 Å². The molecule has 7 heteroatoms. The second-order valence-electron chi connectivity index (χ2n) is 8.18. The van der Waals surface area contributed by atoms with Gasteiger partial charge in [-0.05, 0) is 35.7 Å². The lowest BCUT2D eigenvalue weighted by molar-refractivity contribution is -0.384. The van der Waals surface area contributed by atoms with Gasteiger partial charge in [0, 0.05) is 31.8 Å². The van der Waals surface area contributed by atoms with Gasteiger partial charge in [0.1, 0.15) is 0 Å². The van der Waals surface area contributed by atoms with Crippen LogP contribution in [0.3, 0.4) is 0 Å². The summed E-state index contributed by atoms with van der Waals surface area (Å²) >= 11 is 0. The number of piperazine rings is 1. The Morgan fingerprint density at radius 3 is 2.65 bits per heavy atom. The van der Waals surface area contributed by atoms with Crippen LogP contribution < -0.4 is 0 Å². The maximum absolute atomic E-state index is 12.8. The lowest BCUT2D eigenvalue weighted by Crippen LogP contribution is -2.54. The maximum atomic E-state index is 12.8. The minimum atomic E-state index is -0.377. The molecular weight excluding hydrogens is 394 g/mol. The zero-order valence-electron chi connectivity index (χ0n) is 18.2. The molecule has 7 nitrogen and oxygen atoms in total. The molecule has 1 saturated heterocycles. The van der Waals surface area contributed by atoms with Gasteiger partial charge in [0.05, 0.1) is 23.1 Å². The number of hydrogen-bond donors (Lipinski definition) is 1. The van der Waals surface area contributed by atoms with Crippen LogP contribution in [-0.2, 0) is 4.79 Å². The van der Waals surface area contributed by atoms with Crippen molar-refractivity contribution in [3.63, 3.8) is 0 Å². The summed E-state index contributed by atoms with van der Waals surface area (Å²) in [5.74, 6) is 0.0244. The minimum absolute atomic E-state index is 0.00892. The number of nitrogens with zero attached hydrogens (tertiary/aromatic N) is 3. The highest BCUT2D eigenvalue weighted by atomic mass is 16.6. The van der Waals surface area contributed by atoms with E-state index in [0.29, 0.717) is 30.8 Å². The molecule has 2 aromatic carbocycles. The second-order valence-corrected chi connectivity index (χ2v) is 8.18. The molecule has 31 heavy (non-hydrogen) atoms. The molecule has 1 heterocycles. The number of amides is 1. The SMILES string of the molecule is CC(C)c1ccccc1-c1c(/C=C/C(=O)N2CCN(C)C(CO)C2)cccc1[N+](=O)[O-]. The first-order valence-corrected chi connectivity index (χ1v) is 10.5. The average Bonchev–Trinajstić information content (AvgIpc) is 2.77. The first-order chi connectivity index (χ1) is 14.8. The van der Waals surface area contributed by atoms with Gasteiger partial charge in [-0.15, -0.1) is 0 Å². The first kappa shape index (κ1) is 22.7. The number of carbonyl (C=O) groups excluding carboxylic acids is 1. The highest BCUT2D eigenvalue weighted by Gasteiger charge is 2.26. The third kappa shape index (κ3) is 5.00. The first-order valence-electron chi connectivity index (χ1n) is 10.5. The quantitative estimate of drug-likeness (QED) is 0.436. The number of likely N-dealkylation sites (N-methyl/N-ethyl adjacent to an activating group) is 1. The van der Waals surface area contributed by atoms with E-state index in [0.717, 1.165) is 11.1 Å². The molecule has 1 N–H and O–H groups in total. The van der Waals surface area contributed by atoms with E-state index in [-0.39, 0.29) is 35.1 Å². The van der Waals surface area contributed by atoms with E-state index < -0.39 is 0 Å². The molecule has 164 valence electrons. The normalized spacial score (nSPS) is 17.5. The lowest BCUT2D eigenvalue weighted by atomic mass is 9.89. The number of nitro groups is 1. The summed E-state index contributed by atoms with van der Waals surface area (Å²) in [6, 6.07) is 12.5. The van der Waals surface area contributed by atoms with Gasteiger partial charge in [-0.2, -0.15) is 0 Å². The van der Waals surface area contributed by atoms with Gasteiger partial charge in [0.25, 0.3) is 5.69 Å². The monoisotopic (exact) mass is 423 g/mol. The summed E-state index contributed by atoms with van der Waals surface area (Å²) in [7, 11) is 1.93. The zero-order valence-corrected chi connectivity index (χ0v) is 18.2. The molecule has 3 rings (SSSR count). The molecule has 0 aromatic heterocycles. The smallest absolute Gasteiger partial charge is 0.277 e. The summed E-state index contributed by atoms with van der Waals surface area (Å²) in [6.45, 7) is 5.82. The Bertz CT molecular complexity index is 987. The maximum Gasteiger partial charge on any atom is 0.277 e. The predicted octanol–water partition coefficient (Wildman–Crippen LogP) is 3.53. The van der Waals surface area contributed by atoms with E-state index in [1.54, 1.807) is 23.1 Å². The van der Waals surface area contributed by atoms with E-state index in [9.17, 15) is 20.0 Å². The van der Waals surface area contributed by atoms with Crippen LogP contribution in [0, 0.1) is 10.1 Å². The molecule has 0 aliphatic carbocycles. The lowest BCUT2D eigenvalue weighted by Gasteiger charge is -2.38. The molecule has 2 aromatic rings. The van der Waals surface area contributed by atoms with Crippen molar-refractivity contribution < 1.29 is 14.8 Å². The number of hydrogen-bond acceptors (Lipinski definition) is 5. The average molecular weight is 424 g/mol. The van der Waals surface area contributed by atoms with Gasteiger partial charge in [-0.1, -0.05) is 50.2 Å². The van der Waals surface area contributed by atoms with E-state index in [1.807, 2.05) is 36.2 Å². The van der Waals surface area contributed by atoms with Crippen molar-refractivity contribution in [2.45, 2.75) is 25.8 Å². The molecule has 1 aliphatic heterocycles. The molecule has 0 radical (unpaired) electrons. The minimum Gasteiger partial charge on any atom is -0.395 e. The van der Waals surface area contributed by atoms with Crippen LogP contribution in [0.5, 0.6) is 0 Å². The Hall–Kier alpha value is -3.03. The molecule has 1 aliphatic rings. The fraction of sp³-hybridized carbons (Fsp3) is 0.375. The van der Waals surface area contributed by atoms with E-state index >= 15 is 0 Å². The molecule has 1 atom stereocenters. The van der Waals surface area contributed by atoms with Gasteiger partial charge in [0.15, 0.2) is 0 Å². The largest absolute Gasteiger partial charge is 0.395 e. The van der Waals surface area contributed by atoms with Crippen molar-refractivity contribution >= 4 is 17.7 Å². The van der Waals surface area contributed by atoms with Crippen LogP contribution in [0.4, 0.5) is 5.69 Å². The number of benzene rings is 2. The van der Waals surface area contributed by atoms with E-state index in [2.05, 4.69) is 13.8 Å². The van der Waals surface area contributed by atoms with Crippen molar-refractivity contribution in [3.8, 4) is 11.1 Å². The van der Waals surface area contributed by atoms with Gasteiger partial charge >= 0.3 is 0 Å². The molecule has 0 bridgehead atoms. The second kappa shape index (κ2) is 9.85. The fourth-order valence-electron chi connectivity index (χ4n) is 3.98.